The van der Waals surface area contributed by atoms with Crippen molar-refractivity contribution in [1.82, 2.24) is 5.32 Å². The van der Waals surface area contributed by atoms with Gasteiger partial charge in [-0.3, -0.25) is 0 Å². The zero-order valence-corrected chi connectivity index (χ0v) is 13.5. The van der Waals surface area contributed by atoms with Gasteiger partial charge in [-0.15, -0.1) is 11.3 Å². The molecule has 1 aromatic heterocycles. The summed E-state index contributed by atoms with van der Waals surface area (Å²) in [5.41, 5.74) is 1.60. The largest absolute Gasteiger partial charge is 0.465 e. The van der Waals surface area contributed by atoms with E-state index in [4.69, 9.17) is 4.74 Å². The van der Waals surface area contributed by atoms with Crippen LogP contribution in [0.5, 0.6) is 0 Å². The van der Waals surface area contributed by atoms with Gasteiger partial charge in [0.05, 0.1) is 12.7 Å². The van der Waals surface area contributed by atoms with Gasteiger partial charge in [0, 0.05) is 22.3 Å². The predicted molar refractivity (Wildman–Crippen MR) is 86.8 cm³/mol. The van der Waals surface area contributed by atoms with Gasteiger partial charge in [0.1, 0.15) is 0 Å². The zero-order chi connectivity index (χ0) is 15.2. The second-order valence-corrected chi connectivity index (χ2v) is 6.52. The molecule has 1 atom stereocenters. The molecule has 3 nitrogen and oxygen atoms in total. The van der Waals surface area contributed by atoms with Gasteiger partial charge in [-0.2, -0.15) is 0 Å². The van der Waals surface area contributed by atoms with Crippen LogP contribution in [0.1, 0.15) is 32.6 Å². The molecule has 0 aliphatic heterocycles. The van der Waals surface area contributed by atoms with E-state index in [0.717, 1.165) is 12.0 Å². The highest BCUT2D eigenvalue weighted by molar-refractivity contribution is 7.11. The number of nitrogens with one attached hydrogen (secondary N) is 1. The molecular weight excluding hydrogens is 282 g/mol. The summed E-state index contributed by atoms with van der Waals surface area (Å²) in [6, 6.07) is 12.2. The summed E-state index contributed by atoms with van der Waals surface area (Å²) in [6.45, 7) is 4.95. The first-order valence-corrected chi connectivity index (χ1v) is 7.86. The minimum Gasteiger partial charge on any atom is -0.465 e. The van der Waals surface area contributed by atoms with E-state index >= 15 is 0 Å². The van der Waals surface area contributed by atoms with Crippen molar-refractivity contribution < 1.29 is 9.53 Å². The molecule has 0 saturated carbocycles. The maximum atomic E-state index is 11.7. The number of hydrogen-bond acceptors (Lipinski definition) is 4. The van der Waals surface area contributed by atoms with Gasteiger partial charge < -0.3 is 10.1 Å². The highest BCUT2D eigenvalue weighted by atomic mass is 32.1. The molecule has 0 radical (unpaired) electrons. The number of esters is 1. The molecule has 0 fully saturated rings. The van der Waals surface area contributed by atoms with Crippen molar-refractivity contribution >= 4 is 17.3 Å². The van der Waals surface area contributed by atoms with Gasteiger partial charge in [-0.25, -0.2) is 4.79 Å². The lowest BCUT2D eigenvalue weighted by Crippen LogP contribution is -2.28. The van der Waals surface area contributed by atoms with Gasteiger partial charge in [-0.1, -0.05) is 18.2 Å². The van der Waals surface area contributed by atoms with Crippen molar-refractivity contribution in [3.63, 3.8) is 0 Å². The molecule has 4 heteroatoms. The molecule has 112 valence electrons. The molecule has 21 heavy (non-hydrogen) atoms. The quantitative estimate of drug-likeness (QED) is 0.829. The Hall–Kier alpha value is -1.65. The summed E-state index contributed by atoms with van der Waals surface area (Å²) in [7, 11) is 1.41. The van der Waals surface area contributed by atoms with Crippen LogP contribution in [-0.4, -0.2) is 19.1 Å². The number of methoxy groups -OCH3 is 1. The molecule has 0 spiro atoms. The zero-order valence-electron chi connectivity index (χ0n) is 12.7. The van der Waals surface area contributed by atoms with Crippen LogP contribution < -0.4 is 5.32 Å². The molecule has 1 heterocycles. The molecule has 1 N–H and O–H groups in total. The van der Waals surface area contributed by atoms with Crippen LogP contribution in [-0.2, 0) is 17.7 Å². The van der Waals surface area contributed by atoms with E-state index in [1.807, 2.05) is 29.5 Å². The first-order chi connectivity index (χ1) is 10.1. The fraction of sp³-hybridized carbons (Fsp3) is 0.353. The summed E-state index contributed by atoms with van der Waals surface area (Å²) in [5, 5.41) is 3.47. The summed E-state index contributed by atoms with van der Waals surface area (Å²) in [4.78, 5) is 14.4. The minimum atomic E-state index is -0.283. The first kappa shape index (κ1) is 15.7. The average Bonchev–Trinajstić information content (AvgIpc) is 2.89. The predicted octanol–water partition coefficient (Wildman–Crippen LogP) is 3.56. The summed E-state index contributed by atoms with van der Waals surface area (Å²) in [5.74, 6) is -0.283. The highest BCUT2D eigenvalue weighted by Crippen LogP contribution is 2.17. The van der Waals surface area contributed by atoms with Crippen LogP contribution in [0.25, 0.3) is 0 Å². The average molecular weight is 303 g/mol. The van der Waals surface area contributed by atoms with Gasteiger partial charge in [0.25, 0.3) is 0 Å². The number of carbonyl (C=O) groups excluding carboxylic acids is 1. The molecule has 1 aromatic carbocycles. The second kappa shape index (κ2) is 7.38. The van der Waals surface area contributed by atoms with E-state index < -0.39 is 0 Å². The lowest BCUT2D eigenvalue weighted by Gasteiger charge is -2.14. The Balaban J connectivity index is 1.95. The molecule has 2 aromatic rings. The monoisotopic (exact) mass is 303 g/mol. The molecule has 2 rings (SSSR count). The maximum absolute atomic E-state index is 11.7. The lowest BCUT2D eigenvalue weighted by atomic mass is 10.1. The van der Waals surface area contributed by atoms with Gasteiger partial charge >= 0.3 is 5.97 Å². The van der Waals surface area contributed by atoms with E-state index in [1.54, 1.807) is 6.07 Å². The van der Waals surface area contributed by atoms with Crippen LogP contribution >= 0.6 is 11.3 Å². The Morgan fingerprint density at radius 2 is 2.05 bits per heavy atom. The van der Waals surface area contributed by atoms with Gasteiger partial charge in [-0.05, 0) is 44.0 Å². The van der Waals surface area contributed by atoms with Crippen molar-refractivity contribution in [2.24, 2.45) is 0 Å². The van der Waals surface area contributed by atoms with Crippen molar-refractivity contribution in [3.8, 4) is 0 Å². The summed E-state index contributed by atoms with van der Waals surface area (Å²) < 4.78 is 4.82. The molecule has 0 aliphatic carbocycles. The number of hydrogen-bond donors (Lipinski definition) is 1. The van der Waals surface area contributed by atoms with Gasteiger partial charge in [0.2, 0.25) is 0 Å². The third kappa shape index (κ3) is 4.41. The smallest absolute Gasteiger partial charge is 0.338 e. The standard InChI is InChI=1S/C17H21NO2S/c1-12(10-15-9-8-13(2)21-15)18-11-14-6-4-5-7-16(14)17(19)20-3/h4-9,12,18H,10-11H2,1-3H3. The number of aryl methyl sites for hydroxylation is 1. The fourth-order valence-electron chi connectivity index (χ4n) is 2.24. The second-order valence-electron chi connectivity index (χ2n) is 5.15. The van der Waals surface area contributed by atoms with Crippen molar-refractivity contribution in [3.05, 3.63) is 57.3 Å². The molecule has 0 aliphatic rings. The highest BCUT2D eigenvalue weighted by Gasteiger charge is 2.12. The summed E-state index contributed by atoms with van der Waals surface area (Å²) >= 11 is 1.84. The number of benzene rings is 1. The third-order valence-corrected chi connectivity index (χ3v) is 4.39. The number of ether oxygens (including phenoxy) is 1. The minimum absolute atomic E-state index is 0.283. The molecule has 0 amide bonds. The van der Waals surface area contributed by atoms with E-state index in [2.05, 4.69) is 31.3 Å². The third-order valence-electron chi connectivity index (χ3n) is 3.37. The van der Waals surface area contributed by atoms with E-state index in [1.165, 1.54) is 16.9 Å². The topological polar surface area (TPSA) is 38.3 Å². The van der Waals surface area contributed by atoms with Crippen molar-refractivity contribution in [2.45, 2.75) is 32.9 Å². The van der Waals surface area contributed by atoms with E-state index in [0.29, 0.717) is 18.2 Å². The Bertz CT molecular complexity index is 606. The van der Waals surface area contributed by atoms with Crippen molar-refractivity contribution in [1.29, 1.82) is 0 Å². The first-order valence-electron chi connectivity index (χ1n) is 7.05. The molecular formula is C17H21NO2S. The number of thiophene rings is 1. The Morgan fingerprint density at radius 1 is 1.29 bits per heavy atom. The van der Waals surface area contributed by atoms with Gasteiger partial charge in [0.15, 0.2) is 0 Å². The molecule has 0 bridgehead atoms. The van der Waals surface area contributed by atoms with Crippen LogP contribution in [0.4, 0.5) is 0 Å². The molecule has 1 unspecified atom stereocenters. The van der Waals surface area contributed by atoms with Crippen molar-refractivity contribution in [2.75, 3.05) is 7.11 Å². The Kier molecular flexibility index (Phi) is 5.53. The van der Waals surface area contributed by atoms with E-state index in [-0.39, 0.29) is 5.97 Å². The number of carbonyl (C=O) groups is 1. The van der Waals surface area contributed by atoms with Crippen LogP contribution in [0.3, 0.4) is 0 Å². The fourth-order valence-corrected chi connectivity index (χ4v) is 3.26. The Labute approximate surface area is 130 Å². The van der Waals surface area contributed by atoms with Crippen LogP contribution in [0.15, 0.2) is 36.4 Å². The lowest BCUT2D eigenvalue weighted by molar-refractivity contribution is 0.0599. The Morgan fingerprint density at radius 3 is 2.71 bits per heavy atom. The van der Waals surface area contributed by atoms with Crippen LogP contribution in [0, 0.1) is 6.92 Å². The summed E-state index contributed by atoms with van der Waals surface area (Å²) in [6.07, 6.45) is 0.999. The van der Waals surface area contributed by atoms with Crippen LogP contribution in [0.2, 0.25) is 0 Å². The number of rotatable bonds is 6. The SMILES string of the molecule is COC(=O)c1ccccc1CNC(C)Cc1ccc(C)s1. The maximum Gasteiger partial charge on any atom is 0.338 e. The van der Waals surface area contributed by atoms with E-state index in [9.17, 15) is 4.79 Å². The normalized spacial score (nSPS) is 12.1. The molecule has 0 saturated heterocycles.